The lowest BCUT2D eigenvalue weighted by atomic mass is 9.79. The molecule has 1 atom stereocenters. The molecule has 0 radical (unpaired) electrons. The summed E-state index contributed by atoms with van der Waals surface area (Å²) in [5, 5.41) is 22.7. The zero-order chi connectivity index (χ0) is 20.4. The van der Waals surface area contributed by atoms with Crippen molar-refractivity contribution in [2.75, 3.05) is 6.54 Å². The minimum atomic E-state index is -1.13. The molecule has 0 aliphatic carbocycles. The van der Waals surface area contributed by atoms with Crippen molar-refractivity contribution in [2.24, 2.45) is 0 Å². The van der Waals surface area contributed by atoms with Gasteiger partial charge in [-0.3, -0.25) is 4.90 Å². The largest absolute Gasteiger partial charge is 0.506 e. The van der Waals surface area contributed by atoms with Gasteiger partial charge in [0.15, 0.2) is 0 Å². The van der Waals surface area contributed by atoms with Gasteiger partial charge in [0, 0.05) is 22.6 Å². The molecule has 0 bridgehead atoms. The molecule has 0 saturated carbocycles. The molecule has 4 rings (SSSR count). The summed E-state index contributed by atoms with van der Waals surface area (Å²) in [6, 6.07) is 23.5. The van der Waals surface area contributed by atoms with E-state index in [-0.39, 0.29) is 11.8 Å². The predicted octanol–water partition coefficient (Wildman–Crippen LogP) is 5.82. The molecule has 5 heteroatoms. The van der Waals surface area contributed by atoms with Crippen molar-refractivity contribution in [1.82, 2.24) is 4.90 Å². The van der Waals surface area contributed by atoms with E-state index in [9.17, 15) is 10.2 Å². The number of hydrogen-bond acceptors (Lipinski definition) is 3. The van der Waals surface area contributed by atoms with Gasteiger partial charge in [0.05, 0.1) is 4.47 Å². The van der Waals surface area contributed by atoms with Crippen LogP contribution in [0.5, 0.6) is 5.75 Å². The fraction of sp³-hybridized carbons (Fsp3) is 0.250. The molecule has 3 aromatic carbocycles. The molecular formula is C24H23Br2NO2. The minimum Gasteiger partial charge on any atom is -0.506 e. The lowest BCUT2D eigenvalue weighted by molar-refractivity contribution is -0.00673. The summed E-state index contributed by atoms with van der Waals surface area (Å²) in [4.78, 5) is 2.29. The number of halogens is 2. The number of hydrogen-bond donors (Lipinski definition) is 2. The van der Waals surface area contributed by atoms with Crippen molar-refractivity contribution in [3.8, 4) is 5.75 Å². The van der Waals surface area contributed by atoms with E-state index in [1.807, 2.05) is 72.8 Å². The molecule has 0 unspecified atom stereocenters. The molecule has 150 valence electrons. The predicted molar refractivity (Wildman–Crippen MR) is 123 cm³/mol. The molecule has 1 aliphatic heterocycles. The molecule has 2 N–H and O–H groups in total. The van der Waals surface area contributed by atoms with Crippen LogP contribution < -0.4 is 0 Å². The van der Waals surface area contributed by atoms with E-state index < -0.39 is 5.60 Å². The van der Waals surface area contributed by atoms with Crippen molar-refractivity contribution in [1.29, 1.82) is 0 Å². The smallest absolute Gasteiger partial charge is 0.134 e. The summed E-state index contributed by atoms with van der Waals surface area (Å²) in [7, 11) is 0. The van der Waals surface area contributed by atoms with Crippen molar-refractivity contribution in [2.45, 2.75) is 31.0 Å². The van der Waals surface area contributed by atoms with E-state index in [0.29, 0.717) is 11.0 Å². The van der Waals surface area contributed by atoms with Gasteiger partial charge in [-0.1, -0.05) is 76.6 Å². The quantitative estimate of drug-likeness (QED) is 0.449. The average Bonchev–Trinajstić information content (AvgIpc) is 3.21. The highest BCUT2D eigenvalue weighted by molar-refractivity contribution is 9.11. The maximum Gasteiger partial charge on any atom is 0.134 e. The number of likely N-dealkylation sites (tertiary alicyclic amines) is 1. The second kappa shape index (κ2) is 8.60. The van der Waals surface area contributed by atoms with Crippen LogP contribution in [0.25, 0.3) is 0 Å². The molecule has 0 aromatic heterocycles. The summed E-state index contributed by atoms with van der Waals surface area (Å²) in [6.45, 7) is 1.44. The van der Waals surface area contributed by atoms with Gasteiger partial charge >= 0.3 is 0 Å². The average molecular weight is 517 g/mol. The zero-order valence-corrected chi connectivity index (χ0v) is 19.1. The van der Waals surface area contributed by atoms with E-state index in [1.54, 1.807) is 0 Å². The molecule has 0 spiro atoms. The Bertz CT molecular complexity index is 939. The fourth-order valence-corrected chi connectivity index (χ4v) is 5.70. The van der Waals surface area contributed by atoms with Crippen LogP contribution in [0.2, 0.25) is 0 Å². The van der Waals surface area contributed by atoms with Crippen molar-refractivity contribution in [3.05, 3.63) is 98.4 Å². The third kappa shape index (κ3) is 4.02. The van der Waals surface area contributed by atoms with Crippen LogP contribution in [0, 0.1) is 0 Å². The Morgan fingerprint density at radius 2 is 1.52 bits per heavy atom. The lowest BCUT2D eigenvalue weighted by Crippen LogP contribution is -2.48. The highest BCUT2D eigenvalue weighted by atomic mass is 79.9. The van der Waals surface area contributed by atoms with Crippen LogP contribution in [0.1, 0.15) is 29.5 Å². The molecule has 29 heavy (non-hydrogen) atoms. The first-order valence-corrected chi connectivity index (χ1v) is 11.3. The second-order valence-electron chi connectivity index (χ2n) is 7.52. The number of phenols is 1. The van der Waals surface area contributed by atoms with Gasteiger partial charge in [0.25, 0.3) is 0 Å². The number of phenolic OH excluding ortho intramolecular Hbond substituents is 1. The Labute approximate surface area is 188 Å². The lowest BCUT2D eigenvalue weighted by Gasteiger charge is -2.40. The molecule has 1 heterocycles. The van der Waals surface area contributed by atoms with Gasteiger partial charge < -0.3 is 10.2 Å². The Morgan fingerprint density at radius 3 is 2.10 bits per heavy atom. The van der Waals surface area contributed by atoms with E-state index in [0.717, 1.165) is 40.5 Å². The van der Waals surface area contributed by atoms with Gasteiger partial charge in [-0.15, -0.1) is 0 Å². The number of benzene rings is 3. The Kier molecular flexibility index (Phi) is 6.11. The topological polar surface area (TPSA) is 43.7 Å². The highest BCUT2D eigenvalue weighted by Crippen LogP contribution is 2.42. The molecule has 1 saturated heterocycles. The molecule has 1 fully saturated rings. The minimum absolute atomic E-state index is 0.0931. The van der Waals surface area contributed by atoms with Crippen molar-refractivity contribution < 1.29 is 10.2 Å². The van der Waals surface area contributed by atoms with Crippen LogP contribution >= 0.6 is 31.9 Å². The van der Waals surface area contributed by atoms with Crippen LogP contribution in [0.15, 0.2) is 81.7 Å². The monoisotopic (exact) mass is 515 g/mol. The molecule has 1 aliphatic rings. The maximum atomic E-state index is 12.2. The first kappa shape index (κ1) is 20.6. The van der Waals surface area contributed by atoms with Crippen LogP contribution in [-0.4, -0.2) is 27.7 Å². The van der Waals surface area contributed by atoms with Gasteiger partial charge in [-0.25, -0.2) is 0 Å². The summed E-state index contributed by atoms with van der Waals surface area (Å²) in [5.74, 6) is 0.252. The summed E-state index contributed by atoms with van der Waals surface area (Å²) >= 11 is 6.94. The number of nitrogens with zero attached hydrogens (tertiary/aromatic N) is 1. The van der Waals surface area contributed by atoms with Gasteiger partial charge in [-0.05, 0) is 58.6 Å². The summed E-state index contributed by atoms with van der Waals surface area (Å²) in [5.41, 5.74) is 1.49. The van der Waals surface area contributed by atoms with Gasteiger partial charge in [0.1, 0.15) is 11.4 Å². The number of rotatable bonds is 5. The van der Waals surface area contributed by atoms with Crippen LogP contribution in [0.3, 0.4) is 0 Å². The Morgan fingerprint density at radius 1 is 0.931 bits per heavy atom. The zero-order valence-electron chi connectivity index (χ0n) is 15.9. The van der Waals surface area contributed by atoms with E-state index in [2.05, 4.69) is 36.8 Å². The number of aliphatic hydroxyl groups is 1. The van der Waals surface area contributed by atoms with E-state index >= 15 is 0 Å². The first-order chi connectivity index (χ1) is 14.0. The summed E-state index contributed by atoms with van der Waals surface area (Å²) < 4.78 is 1.58. The van der Waals surface area contributed by atoms with Gasteiger partial charge in [-0.2, -0.15) is 0 Å². The molecular weight excluding hydrogens is 494 g/mol. The Hall–Kier alpha value is -1.66. The number of aromatic hydroxyl groups is 1. The third-order valence-corrected chi connectivity index (χ3v) is 6.82. The van der Waals surface area contributed by atoms with Gasteiger partial charge in [0.2, 0.25) is 0 Å². The third-order valence-electron chi connectivity index (χ3n) is 5.75. The van der Waals surface area contributed by atoms with Crippen LogP contribution in [0.4, 0.5) is 0 Å². The van der Waals surface area contributed by atoms with E-state index in [1.165, 1.54) is 0 Å². The van der Waals surface area contributed by atoms with E-state index in [4.69, 9.17) is 0 Å². The molecule has 0 amide bonds. The maximum absolute atomic E-state index is 12.2. The first-order valence-electron chi connectivity index (χ1n) is 9.74. The van der Waals surface area contributed by atoms with Crippen molar-refractivity contribution >= 4 is 31.9 Å². The highest BCUT2D eigenvalue weighted by Gasteiger charge is 2.45. The summed E-state index contributed by atoms with van der Waals surface area (Å²) in [6.07, 6.45) is 1.89. The SMILES string of the molecule is Oc1c(Br)cc(Br)cc1CN1CCC[C@@H]1C(O)(c1ccccc1)c1ccccc1. The second-order valence-corrected chi connectivity index (χ2v) is 9.29. The Balaban J connectivity index is 1.75. The fourth-order valence-electron chi connectivity index (χ4n) is 4.38. The van der Waals surface area contributed by atoms with Crippen LogP contribution in [-0.2, 0) is 12.1 Å². The molecule has 3 nitrogen and oxygen atoms in total. The molecule has 3 aromatic rings. The standard InChI is InChI=1S/C24H23Br2NO2/c25-20-14-17(23(28)21(26)15-20)16-27-13-7-12-22(27)24(29,18-8-3-1-4-9-18)19-10-5-2-6-11-19/h1-6,8-11,14-15,22,28-29H,7,12-13,16H2/t22-/m1/s1. The normalized spacial score (nSPS) is 17.6. The van der Waals surface area contributed by atoms with Crippen molar-refractivity contribution in [3.63, 3.8) is 0 Å².